The third-order valence-corrected chi connectivity index (χ3v) is 4.72. The van der Waals surface area contributed by atoms with E-state index in [1.54, 1.807) is 18.5 Å². The molecule has 3 rings (SSSR count). The summed E-state index contributed by atoms with van der Waals surface area (Å²) in [4.78, 5) is 4.31. The van der Waals surface area contributed by atoms with Crippen molar-refractivity contribution in [3.63, 3.8) is 0 Å². The molecule has 0 saturated carbocycles. The van der Waals surface area contributed by atoms with Crippen molar-refractivity contribution in [3.8, 4) is 11.1 Å². The maximum atomic E-state index is 6.24. The summed E-state index contributed by atoms with van der Waals surface area (Å²) in [5, 5.41) is 0.648. The van der Waals surface area contributed by atoms with Crippen LogP contribution in [-0.2, 0) is 9.31 Å². The van der Waals surface area contributed by atoms with Gasteiger partial charge in [-0.25, -0.2) is 0 Å². The van der Waals surface area contributed by atoms with E-state index < -0.39 is 7.12 Å². The standard InChI is InChI=1S/C17H18BClNO2/c1-16(2)17(3,4)22-18(21-16)13-9-12(10-20-11-13)14-7-5-6-8-15(14)19/h5,7-11H,1-4H3. The van der Waals surface area contributed by atoms with E-state index in [2.05, 4.69) is 11.1 Å². The van der Waals surface area contributed by atoms with E-state index in [1.165, 1.54) is 0 Å². The van der Waals surface area contributed by atoms with Crippen LogP contribution >= 0.6 is 11.6 Å². The third-order valence-electron chi connectivity index (χ3n) is 4.41. The first-order valence-corrected chi connectivity index (χ1v) is 7.64. The van der Waals surface area contributed by atoms with Crippen LogP contribution in [0.3, 0.4) is 0 Å². The van der Waals surface area contributed by atoms with Crippen LogP contribution in [0.5, 0.6) is 0 Å². The Hall–Kier alpha value is -1.36. The van der Waals surface area contributed by atoms with Crippen LogP contribution in [0.2, 0.25) is 5.02 Å². The summed E-state index contributed by atoms with van der Waals surface area (Å²) in [5.41, 5.74) is 2.01. The molecule has 0 aliphatic carbocycles. The molecular formula is C17H18BClNO2. The van der Waals surface area contributed by atoms with Crippen molar-refractivity contribution in [2.45, 2.75) is 38.9 Å². The Morgan fingerprint density at radius 3 is 2.45 bits per heavy atom. The fourth-order valence-electron chi connectivity index (χ4n) is 2.36. The first-order chi connectivity index (χ1) is 10.3. The number of aromatic nitrogens is 1. The lowest BCUT2D eigenvalue weighted by molar-refractivity contribution is 0.00578. The molecule has 1 aromatic heterocycles. The summed E-state index contributed by atoms with van der Waals surface area (Å²) >= 11 is 6.24. The number of hydrogen-bond acceptors (Lipinski definition) is 3. The Morgan fingerprint density at radius 2 is 1.82 bits per heavy atom. The zero-order valence-electron chi connectivity index (χ0n) is 13.2. The second-order valence-corrected chi connectivity index (χ2v) is 6.91. The van der Waals surface area contributed by atoms with Crippen LogP contribution in [0.1, 0.15) is 27.7 Å². The number of pyridine rings is 1. The van der Waals surface area contributed by atoms with Gasteiger partial charge in [0.1, 0.15) is 0 Å². The smallest absolute Gasteiger partial charge is 0.399 e. The van der Waals surface area contributed by atoms with Gasteiger partial charge in [-0.2, -0.15) is 0 Å². The molecule has 1 radical (unpaired) electrons. The Morgan fingerprint density at radius 1 is 1.14 bits per heavy atom. The van der Waals surface area contributed by atoms with Crippen molar-refractivity contribution >= 4 is 24.2 Å². The quantitative estimate of drug-likeness (QED) is 0.795. The van der Waals surface area contributed by atoms with Gasteiger partial charge in [0.05, 0.1) is 11.2 Å². The van der Waals surface area contributed by atoms with Crippen LogP contribution < -0.4 is 5.46 Å². The van der Waals surface area contributed by atoms with Crippen molar-refractivity contribution in [1.29, 1.82) is 0 Å². The molecule has 0 N–H and O–H groups in total. The van der Waals surface area contributed by atoms with Gasteiger partial charge >= 0.3 is 7.12 Å². The zero-order valence-corrected chi connectivity index (χ0v) is 13.9. The Kier molecular flexibility index (Phi) is 3.80. The molecule has 1 aliphatic heterocycles. The van der Waals surface area contributed by atoms with Crippen LogP contribution in [0.4, 0.5) is 0 Å². The summed E-state index contributed by atoms with van der Waals surface area (Å²) in [5.74, 6) is 0. The highest BCUT2D eigenvalue weighted by Gasteiger charge is 2.51. The summed E-state index contributed by atoms with van der Waals surface area (Å²) in [7, 11) is -0.425. The average molecular weight is 315 g/mol. The molecule has 0 atom stereocenters. The molecule has 22 heavy (non-hydrogen) atoms. The first-order valence-electron chi connectivity index (χ1n) is 7.27. The van der Waals surface area contributed by atoms with Gasteiger partial charge in [0.15, 0.2) is 0 Å². The summed E-state index contributed by atoms with van der Waals surface area (Å²) in [6.07, 6.45) is 3.56. The topological polar surface area (TPSA) is 31.4 Å². The number of benzene rings is 1. The van der Waals surface area contributed by atoms with Gasteiger partial charge in [0, 0.05) is 34.0 Å². The summed E-state index contributed by atoms with van der Waals surface area (Å²) in [6.45, 7) is 8.14. The molecule has 0 amide bonds. The second-order valence-electron chi connectivity index (χ2n) is 6.50. The SMILES string of the molecule is CC1(C)OB(c2cncc(-c3cc[c]cc3Cl)c2)OC1(C)C. The Balaban J connectivity index is 1.95. The predicted molar refractivity (Wildman–Crippen MR) is 89.2 cm³/mol. The van der Waals surface area contributed by atoms with Crippen LogP contribution in [0.15, 0.2) is 36.7 Å². The van der Waals surface area contributed by atoms with Gasteiger partial charge in [-0.3, -0.25) is 4.98 Å². The molecule has 2 aromatic rings. The van der Waals surface area contributed by atoms with Crippen molar-refractivity contribution in [2.24, 2.45) is 0 Å². The van der Waals surface area contributed by atoms with Gasteiger partial charge in [0.25, 0.3) is 0 Å². The fourth-order valence-corrected chi connectivity index (χ4v) is 2.59. The Labute approximate surface area is 136 Å². The molecule has 1 aromatic carbocycles. The molecule has 2 heterocycles. The molecule has 0 spiro atoms. The minimum atomic E-state index is -0.425. The molecule has 1 saturated heterocycles. The van der Waals surface area contributed by atoms with E-state index >= 15 is 0 Å². The van der Waals surface area contributed by atoms with Gasteiger partial charge < -0.3 is 9.31 Å². The van der Waals surface area contributed by atoms with E-state index in [-0.39, 0.29) is 11.2 Å². The van der Waals surface area contributed by atoms with Gasteiger partial charge in [-0.1, -0.05) is 29.8 Å². The monoisotopic (exact) mass is 314 g/mol. The first kappa shape index (κ1) is 15.5. The lowest BCUT2D eigenvalue weighted by Gasteiger charge is -2.32. The largest absolute Gasteiger partial charge is 0.496 e. The van der Waals surface area contributed by atoms with Crippen molar-refractivity contribution in [2.75, 3.05) is 0 Å². The molecule has 113 valence electrons. The van der Waals surface area contributed by atoms with Crippen LogP contribution in [0, 0.1) is 6.07 Å². The number of nitrogens with zero attached hydrogens (tertiary/aromatic N) is 1. The molecule has 3 nitrogen and oxygen atoms in total. The molecule has 1 aliphatic rings. The molecule has 5 heteroatoms. The predicted octanol–water partition coefficient (Wildman–Crippen LogP) is 3.50. The van der Waals surface area contributed by atoms with E-state index in [1.807, 2.05) is 45.9 Å². The van der Waals surface area contributed by atoms with E-state index in [0.717, 1.165) is 16.6 Å². The lowest BCUT2D eigenvalue weighted by atomic mass is 9.79. The number of rotatable bonds is 2. The maximum Gasteiger partial charge on any atom is 0.496 e. The normalized spacial score (nSPS) is 19.4. The van der Waals surface area contributed by atoms with Gasteiger partial charge in [-0.15, -0.1) is 0 Å². The van der Waals surface area contributed by atoms with Gasteiger partial charge in [-0.05, 0) is 39.8 Å². The van der Waals surface area contributed by atoms with Crippen LogP contribution in [-0.4, -0.2) is 23.3 Å². The highest BCUT2D eigenvalue weighted by atomic mass is 35.5. The number of halogens is 1. The minimum absolute atomic E-state index is 0.368. The maximum absolute atomic E-state index is 6.24. The molecule has 0 bridgehead atoms. The Bertz CT molecular complexity index is 687. The van der Waals surface area contributed by atoms with E-state index in [9.17, 15) is 0 Å². The molecule has 0 unspecified atom stereocenters. The van der Waals surface area contributed by atoms with Gasteiger partial charge in [0.2, 0.25) is 0 Å². The fraction of sp³-hybridized carbons (Fsp3) is 0.353. The average Bonchev–Trinajstić information content (AvgIpc) is 2.68. The summed E-state index contributed by atoms with van der Waals surface area (Å²) < 4.78 is 12.1. The van der Waals surface area contributed by atoms with E-state index in [4.69, 9.17) is 20.9 Å². The highest BCUT2D eigenvalue weighted by Crippen LogP contribution is 2.36. The lowest BCUT2D eigenvalue weighted by Crippen LogP contribution is -2.41. The van der Waals surface area contributed by atoms with Crippen molar-refractivity contribution < 1.29 is 9.31 Å². The second kappa shape index (κ2) is 5.37. The van der Waals surface area contributed by atoms with Crippen LogP contribution in [0.25, 0.3) is 11.1 Å². The highest BCUT2D eigenvalue weighted by molar-refractivity contribution is 6.62. The zero-order chi connectivity index (χ0) is 16.0. The summed E-state index contributed by atoms with van der Waals surface area (Å²) in [6, 6.07) is 10.5. The van der Waals surface area contributed by atoms with Crippen molar-refractivity contribution in [3.05, 3.63) is 47.7 Å². The molecular weight excluding hydrogens is 296 g/mol. The third kappa shape index (κ3) is 2.67. The number of hydrogen-bond donors (Lipinski definition) is 0. The molecule has 1 fully saturated rings. The van der Waals surface area contributed by atoms with Crippen molar-refractivity contribution in [1.82, 2.24) is 4.98 Å². The minimum Gasteiger partial charge on any atom is -0.399 e. The van der Waals surface area contributed by atoms with E-state index in [0.29, 0.717) is 5.02 Å².